The second-order valence-electron chi connectivity index (χ2n) is 4.48. The molecule has 0 fully saturated rings. The van der Waals surface area contributed by atoms with Crippen molar-refractivity contribution in [2.45, 2.75) is 25.7 Å². The van der Waals surface area contributed by atoms with Gasteiger partial charge in [0.2, 0.25) is 5.91 Å². The van der Waals surface area contributed by atoms with Crippen molar-refractivity contribution >= 4 is 21.8 Å². The van der Waals surface area contributed by atoms with E-state index in [0.29, 0.717) is 6.54 Å². The molecular weight excluding hydrogens is 280 g/mol. The van der Waals surface area contributed by atoms with Crippen molar-refractivity contribution in [3.8, 4) is 6.07 Å². The van der Waals surface area contributed by atoms with Crippen LogP contribution in [0.5, 0.6) is 0 Å². The lowest BCUT2D eigenvalue weighted by Crippen LogP contribution is -2.36. The first-order valence-corrected chi connectivity index (χ1v) is 6.15. The van der Waals surface area contributed by atoms with E-state index in [1.165, 1.54) is 0 Å². The van der Waals surface area contributed by atoms with Crippen LogP contribution >= 0.6 is 15.9 Å². The van der Waals surface area contributed by atoms with Crippen molar-refractivity contribution < 1.29 is 4.79 Å². The summed E-state index contributed by atoms with van der Waals surface area (Å²) in [5.41, 5.74) is 0.961. The predicted molar refractivity (Wildman–Crippen MR) is 70.4 cm³/mol. The highest BCUT2D eigenvalue weighted by Crippen LogP contribution is 2.29. The highest BCUT2D eigenvalue weighted by atomic mass is 79.9. The van der Waals surface area contributed by atoms with E-state index in [1.54, 1.807) is 0 Å². The van der Waals surface area contributed by atoms with Crippen LogP contribution in [-0.4, -0.2) is 12.5 Å². The van der Waals surface area contributed by atoms with Crippen LogP contribution in [0.3, 0.4) is 0 Å². The highest BCUT2D eigenvalue weighted by molar-refractivity contribution is 9.10. The van der Waals surface area contributed by atoms with Crippen molar-refractivity contribution in [2.75, 3.05) is 6.54 Å². The SMILES string of the molecule is CC(C)(CNC(=O)CC#N)c1ccccc1Br. The average Bonchev–Trinajstić information content (AvgIpc) is 2.27. The van der Waals surface area contributed by atoms with Crippen LogP contribution in [0.2, 0.25) is 0 Å². The summed E-state index contributed by atoms with van der Waals surface area (Å²) >= 11 is 3.50. The lowest BCUT2D eigenvalue weighted by atomic mass is 9.84. The van der Waals surface area contributed by atoms with Gasteiger partial charge in [-0.1, -0.05) is 48.0 Å². The van der Waals surface area contributed by atoms with Gasteiger partial charge in [-0.25, -0.2) is 0 Å². The third-order valence-electron chi connectivity index (χ3n) is 2.57. The number of benzene rings is 1. The molecule has 17 heavy (non-hydrogen) atoms. The smallest absolute Gasteiger partial charge is 0.234 e. The normalized spacial score (nSPS) is 10.7. The fourth-order valence-electron chi connectivity index (χ4n) is 1.56. The van der Waals surface area contributed by atoms with Gasteiger partial charge in [0.05, 0.1) is 6.07 Å². The van der Waals surface area contributed by atoms with Crippen molar-refractivity contribution in [3.05, 3.63) is 34.3 Å². The Labute approximate surface area is 110 Å². The molecule has 1 N–H and O–H groups in total. The molecule has 0 aliphatic heterocycles. The largest absolute Gasteiger partial charge is 0.354 e. The molecule has 0 atom stereocenters. The fraction of sp³-hybridized carbons (Fsp3) is 0.385. The van der Waals surface area contributed by atoms with Crippen LogP contribution in [0.15, 0.2) is 28.7 Å². The number of amides is 1. The second kappa shape index (κ2) is 5.83. The molecule has 0 aliphatic carbocycles. The molecule has 1 rings (SSSR count). The number of rotatable bonds is 4. The first kappa shape index (κ1) is 13.7. The molecule has 0 aromatic heterocycles. The first-order valence-electron chi connectivity index (χ1n) is 5.36. The van der Waals surface area contributed by atoms with Crippen molar-refractivity contribution in [1.82, 2.24) is 5.32 Å². The zero-order chi connectivity index (χ0) is 12.9. The Morgan fingerprint density at radius 2 is 2.12 bits per heavy atom. The Hall–Kier alpha value is -1.34. The van der Waals surface area contributed by atoms with Crippen molar-refractivity contribution in [3.63, 3.8) is 0 Å². The van der Waals surface area contributed by atoms with Gasteiger partial charge in [0.15, 0.2) is 0 Å². The molecule has 0 saturated carbocycles. The molecule has 0 spiro atoms. The molecule has 0 heterocycles. The van der Waals surface area contributed by atoms with Crippen molar-refractivity contribution in [2.24, 2.45) is 0 Å². The van der Waals surface area contributed by atoms with E-state index in [2.05, 4.69) is 35.1 Å². The minimum Gasteiger partial charge on any atom is -0.354 e. The summed E-state index contributed by atoms with van der Waals surface area (Å²) in [6.45, 7) is 4.62. The highest BCUT2D eigenvalue weighted by Gasteiger charge is 2.23. The molecule has 3 nitrogen and oxygen atoms in total. The number of hydrogen-bond donors (Lipinski definition) is 1. The average molecular weight is 295 g/mol. The summed E-state index contributed by atoms with van der Waals surface area (Å²) in [5, 5.41) is 11.2. The number of hydrogen-bond acceptors (Lipinski definition) is 2. The Morgan fingerprint density at radius 3 is 2.71 bits per heavy atom. The third kappa shape index (κ3) is 3.86. The number of nitrogens with one attached hydrogen (secondary N) is 1. The minimum absolute atomic E-state index is 0.0912. The maximum Gasteiger partial charge on any atom is 0.234 e. The van der Waals surface area contributed by atoms with Gasteiger partial charge in [-0.2, -0.15) is 5.26 Å². The van der Waals surface area contributed by atoms with Crippen molar-refractivity contribution in [1.29, 1.82) is 5.26 Å². The molecule has 4 heteroatoms. The van der Waals surface area contributed by atoms with Gasteiger partial charge in [0.25, 0.3) is 0 Å². The van der Waals surface area contributed by atoms with Gasteiger partial charge >= 0.3 is 0 Å². The van der Waals surface area contributed by atoms with E-state index in [9.17, 15) is 4.79 Å². The van der Waals surface area contributed by atoms with Crippen LogP contribution in [-0.2, 0) is 10.2 Å². The summed E-state index contributed by atoms with van der Waals surface area (Å²) in [6.07, 6.45) is -0.0912. The second-order valence-corrected chi connectivity index (χ2v) is 5.33. The molecule has 0 aliphatic rings. The summed E-state index contributed by atoms with van der Waals surface area (Å²) in [7, 11) is 0. The van der Waals surface area contributed by atoms with Gasteiger partial charge in [-0.05, 0) is 11.6 Å². The zero-order valence-corrected chi connectivity index (χ0v) is 11.5. The molecule has 0 bridgehead atoms. The van der Waals surface area contributed by atoms with E-state index in [0.717, 1.165) is 10.0 Å². The lowest BCUT2D eigenvalue weighted by molar-refractivity contribution is -0.120. The van der Waals surface area contributed by atoms with E-state index >= 15 is 0 Å². The standard InChI is InChI=1S/C13H15BrN2O/c1-13(2,9-16-12(17)7-8-15)10-5-3-4-6-11(10)14/h3-6H,7,9H2,1-2H3,(H,16,17). The Bertz CT molecular complexity index is 449. The maximum atomic E-state index is 11.3. The predicted octanol–water partition coefficient (Wildman–Crippen LogP) is 2.76. The summed E-state index contributed by atoms with van der Waals surface area (Å²) in [6, 6.07) is 9.77. The van der Waals surface area contributed by atoms with Crippen LogP contribution in [0.4, 0.5) is 0 Å². The van der Waals surface area contributed by atoms with E-state index in [-0.39, 0.29) is 17.7 Å². The van der Waals surface area contributed by atoms with Gasteiger partial charge in [0.1, 0.15) is 6.42 Å². The van der Waals surface area contributed by atoms with Crippen LogP contribution < -0.4 is 5.32 Å². The molecule has 1 aromatic carbocycles. The molecule has 0 radical (unpaired) electrons. The quantitative estimate of drug-likeness (QED) is 0.928. The van der Waals surface area contributed by atoms with E-state index < -0.39 is 0 Å². The third-order valence-corrected chi connectivity index (χ3v) is 3.26. The molecule has 0 saturated heterocycles. The summed E-state index contributed by atoms with van der Waals surface area (Å²) in [5.74, 6) is -0.229. The topological polar surface area (TPSA) is 52.9 Å². The Balaban J connectivity index is 2.73. The van der Waals surface area contributed by atoms with Gasteiger partial charge < -0.3 is 5.32 Å². The van der Waals surface area contributed by atoms with Gasteiger partial charge in [-0.3, -0.25) is 4.79 Å². The number of nitrogens with zero attached hydrogens (tertiary/aromatic N) is 1. The number of carbonyl (C=O) groups excluding carboxylic acids is 1. The molecule has 90 valence electrons. The molecule has 1 amide bonds. The summed E-state index contributed by atoms with van der Waals surface area (Å²) in [4.78, 5) is 11.3. The Kier molecular flexibility index (Phi) is 4.71. The maximum absolute atomic E-state index is 11.3. The van der Waals surface area contributed by atoms with E-state index in [1.807, 2.05) is 30.3 Å². The Morgan fingerprint density at radius 1 is 1.47 bits per heavy atom. The van der Waals surface area contributed by atoms with Gasteiger partial charge in [0, 0.05) is 16.4 Å². The van der Waals surface area contributed by atoms with Crippen LogP contribution in [0, 0.1) is 11.3 Å². The van der Waals surface area contributed by atoms with Crippen LogP contribution in [0.1, 0.15) is 25.8 Å². The summed E-state index contributed by atoms with van der Waals surface area (Å²) < 4.78 is 1.03. The monoisotopic (exact) mass is 294 g/mol. The fourth-order valence-corrected chi connectivity index (χ4v) is 2.38. The number of halogens is 1. The van der Waals surface area contributed by atoms with Crippen LogP contribution in [0.25, 0.3) is 0 Å². The molecule has 1 aromatic rings. The van der Waals surface area contributed by atoms with Gasteiger partial charge in [-0.15, -0.1) is 0 Å². The zero-order valence-electron chi connectivity index (χ0n) is 9.96. The number of nitriles is 1. The number of carbonyl (C=O) groups is 1. The molecular formula is C13H15BrN2O. The molecule has 0 unspecified atom stereocenters. The first-order chi connectivity index (χ1) is 7.97. The lowest BCUT2D eigenvalue weighted by Gasteiger charge is -2.26. The van der Waals surface area contributed by atoms with E-state index in [4.69, 9.17) is 5.26 Å². The minimum atomic E-state index is -0.229.